The van der Waals surface area contributed by atoms with Crippen molar-refractivity contribution in [3.8, 4) is 0 Å². The van der Waals surface area contributed by atoms with E-state index in [-0.39, 0.29) is 18.5 Å². The fourth-order valence-electron chi connectivity index (χ4n) is 1.57. The van der Waals surface area contributed by atoms with Crippen LogP contribution in [-0.2, 0) is 4.79 Å². The monoisotopic (exact) mass is 323 g/mol. The van der Waals surface area contributed by atoms with Crippen LogP contribution in [0.3, 0.4) is 0 Å². The number of aromatic nitrogens is 1. The van der Waals surface area contributed by atoms with Crippen LogP contribution in [-0.4, -0.2) is 28.6 Å². The van der Waals surface area contributed by atoms with E-state index in [4.69, 9.17) is 12.2 Å². The van der Waals surface area contributed by atoms with Crippen molar-refractivity contribution >= 4 is 49.9 Å². The van der Waals surface area contributed by atoms with Gasteiger partial charge < -0.3 is 10.6 Å². The third kappa shape index (κ3) is 4.83. The predicted octanol–water partition coefficient (Wildman–Crippen LogP) is 1.61. The van der Waals surface area contributed by atoms with E-state index in [1.54, 1.807) is 0 Å². The number of fused-ring (bicyclic) bond motifs is 1. The van der Waals surface area contributed by atoms with Crippen LogP contribution >= 0.6 is 23.6 Å². The first kappa shape index (κ1) is 15.5. The highest BCUT2D eigenvalue weighted by molar-refractivity contribution is 7.80. The molecule has 0 atom stereocenters. The Balaban J connectivity index is 1.77. The first-order chi connectivity index (χ1) is 10.0. The Labute approximate surface area is 132 Å². The second kappa shape index (κ2) is 7.19. The molecule has 0 fully saturated rings. The summed E-state index contributed by atoms with van der Waals surface area (Å²) < 4.78 is 1.08. The molecule has 1 heterocycles. The first-order valence-corrected chi connectivity index (χ1v) is 7.72. The highest BCUT2D eigenvalue weighted by atomic mass is 32.1. The molecule has 0 spiro atoms. The molecule has 2 rings (SSSR count). The van der Waals surface area contributed by atoms with Gasteiger partial charge in [0.15, 0.2) is 10.2 Å². The molecule has 0 aliphatic heterocycles. The molecule has 1 amide bonds. The molecule has 8 heteroatoms. The highest BCUT2D eigenvalue weighted by Crippen LogP contribution is 2.24. The third-order valence-electron chi connectivity index (χ3n) is 2.43. The molecule has 6 nitrogen and oxygen atoms in total. The fourth-order valence-corrected chi connectivity index (χ4v) is 2.72. The normalized spacial score (nSPS) is 10.4. The maximum absolute atomic E-state index is 11.7. The lowest BCUT2D eigenvalue weighted by atomic mass is 10.3. The van der Waals surface area contributed by atoms with E-state index in [1.807, 2.05) is 38.1 Å². The molecule has 2 aromatic rings. The average Bonchev–Trinajstić information content (AvgIpc) is 2.85. The number of carbonyl (C=O) groups excluding carboxylic acids is 1. The topological polar surface area (TPSA) is 78.1 Å². The van der Waals surface area contributed by atoms with Crippen LogP contribution in [0.2, 0.25) is 0 Å². The molecular formula is C13H17N5OS2. The van der Waals surface area contributed by atoms with Gasteiger partial charge in [-0.2, -0.15) is 0 Å². The Hall–Kier alpha value is -1.93. The third-order valence-corrected chi connectivity index (χ3v) is 3.64. The Kier molecular flexibility index (Phi) is 5.29. The minimum absolute atomic E-state index is 0.122. The molecule has 21 heavy (non-hydrogen) atoms. The number of hydrogen-bond donors (Lipinski definition) is 4. The summed E-state index contributed by atoms with van der Waals surface area (Å²) in [5.41, 5.74) is 6.08. The first-order valence-electron chi connectivity index (χ1n) is 6.49. The zero-order chi connectivity index (χ0) is 15.2. The number of para-hydroxylation sites is 1. The van der Waals surface area contributed by atoms with Crippen molar-refractivity contribution in [2.24, 2.45) is 0 Å². The summed E-state index contributed by atoms with van der Waals surface area (Å²) in [6, 6.07) is 8.04. The van der Waals surface area contributed by atoms with Gasteiger partial charge in [0.1, 0.15) is 0 Å². The zero-order valence-corrected chi connectivity index (χ0v) is 13.4. The largest absolute Gasteiger partial charge is 0.359 e. The van der Waals surface area contributed by atoms with Crippen molar-refractivity contribution < 1.29 is 4.79 Å². The SMILES string of the molecule is CC(C)NC(=S)NNC(=O)CNc1nc2ccccc2s1. The van der Waals surface area contributed by atoms with Gasteiger partial charge >= 0.3 is 0 Å². The average molecular weight is 323 g/mol. The van der Waals surface area contributed by atoms with E-state index in [1.165, 1.54) is 11.3 Å². The summed E-state index contributed by atoms with van der Waals surface area (Å²) >= 11 is 6.51. The van der Waals surface area contributed by atoms with Gasteiger partial charge in [0.2, 0.25) is 0 Å². The lowest BCUT2D eigenvalue weighted by molar-refractivity contribution is -0.119. The number of carbonyl (C=O) groups is 1. The molecule has 0 aliphatic carbocycles. The Morgan fingerprint density at radius 3 is 2.81 bits per heavy atom. The van der Waals surface area contributed by atoms with Gasteiger partial charge in [0.25, 0.3) is 5.91 Å². The second-order valence-electron chi connectivity index (χ2n) is 4.64. The minimum atomic E-state index is -0.220. The van der Waals surface area contributed by atoms with E-state index in [9.17, 15) is 4.79 Å². The standard InChI is InChI=1S/C13H17N5OS2/c1-8(2)15-12(20)18-17-11(19)7-14-13-16-9-5-3-4-6-10(9)21-13/h3-6,8H,7H2,1-2H3,(H,14,16)(H,17,19)(H2,15,18,20). The van der Waals surface area contributed by atoms with E-state index >= 15 is 0 Å². The molecule has 1 aromatic heterocycles. The highest BCUT2D eigenvalue weighted by Gasteiger charge is 2.06. The number of amides is 1. The van der Waals surface area contributed by atoms with Crippen LogP contribution < -0.4 is 21.5 Å². The molecule has 1 aromatic carbocycles. The number of benzene rings is 1. The molecule has 0 saturated carbocycles. The summed E-state index contributed by atoms with van der Waals surface area (Å²) in [7, 11) is 0. The summed E-state index contributed by atoms with van der Waals surface area (Å²) in [5, 5.41) is 7.06. The summed E-state index contributed by atoms with van der Waals surface area (Å²) in [5.74, 6) is -0.220. The van der Waals surface area contributed by atoms with Crippen LogP contribution in [0, 0.1) is 0 Å². The van der Waals surface area contributed by atoms with E-state index in [0.717, 1.165) is 10.2 Å². The summed E-state index contributed by atoms with van der Waals surface area (Å²) in [4.78, 5) is 16.1. The molecule has 112 valence electrons. The Morgan fingerprint density at radius 1 is 1.33 bits per heavy atom. The van der Waals surface area contributed by atoms with Gasteiger partial charge in [0.05, 0.1) is 16.8 Å². The van der Waals surface area contributed by atoms with Crippen LogP contribution in [0.1, 0.15) is 13.8 Å². The Morgan fingerprint density at radius 2 is 2.10 bits per heavy atom. The number of thiocarbonyl (C=S) groups is 1. The lowest BCUT2D eigenvalue weighted by Gasteiger charge is -2.13. The number of hydrazine groups is 1. The number of rotatable bonds is 4. The Bertz CT molecular complexity index is 607. The molecule has 0 aliphatic rings. The maximum atomic E-state index is 11.7. The van der Waals surface area contributed by atoms with Crippen molar-refractivity contribution in [1.82, 2.24) is 21.2 Å². The number of nitrogens with one attached hydrogen (secondary N) is 4. The van der Waals surface area contributed by atoms with Crippen molar-refractivity contribution in [2.45, 2.75) is 19.9 Å². The van der Waals surface area contributed by atoms with E-state index in [0.29, 0.717) is 10.2 Å². The molecule has 0 radical (unpaired) electrons. The molecule has 0 bridgehead atoms. The number of hydrogen-bond acceptors (Lipinski definition) is 5. The molecule has 0 saturated heterocycles. The number of thiazole rings is 1. The predicted molar refractivity (Wildman–Crippen MR) is 90.3 cm³/mol. The van der Waals surface area contributed by atoms with E-state index < -0.39 is 0 Å². The quantitative estimate of drug-likeness (QED) is 0.506. The second-order valence-corrected chi connectivity index (χ2v) is 6.08. The van der Waals surface area contributed by atoms with Crippen LogP contribution in [0.25, 0.3) is 10.2 Å². The van der Waals surface area contributed by atoms with Gasteiger partial charge in [0, 0.05) is 6.04 Å². The van der Waals surface area contributed by atoms with Gasteiger partial charge in [-0.15, -0.1) is 0 Å². The van der Waals surface area contributed by atoms with Gasteiger partial charge in [-0.3, -0.25) is 15.6 Å². The minimum Gasteiger partial charge on any atom is -0.359 e. The molecule has 4 N–H and O–H groups in total. The number of anilines is 1. The summed E-state index contributed by atoms with van der Waals surface area (Å²) in [6.07, 6.45) is 0. The smallest absolute Gasteiger partial charge is 0.257 e. The van der Waals surface area contributed by atoms with Crippen LogP contribution in [0.15, 0.2) is 24.3 Å². The van der Waals surface area contributed by atoms with Crippen LogP contribution in [0.4, 0.5) is 5.13 Å². The lowest BCUT2D eigenvalue weighted by Crippen LogP contribution is -2.49. The summed E-state index contributed by atoms with van der Waals surface area (Å²) in [6.45, 7) is 4.05. The van der Waals surface area contributed by atoms with Crippen molar-refractivity contribution in [3.05, 3.63) is 24.3 Å². The molecular weight excluding hydrogens is 306 g/mol. The van der Waals surface area contributed by atoms with Gasteiger partial charge in [-0.1, -0.05) is 23.5 Å². The zero-order valence-electron chi connectivity index (χ0n) is 11.8. The number of nitrogens with zero attached hydrogens (tertiary/aromatic N) is 1. The van der Waals surface area contributed by atoms with Crippen LogP contribution in [0.5, 0.6) is 0 Å². The van der Waals surface area contributed by atoms with E-state index in [2.05, 4.69) is 26.5 Å². The van der Waals surface area contributed by atoms with Crippen molar-refractivity contribution in [2.75, 3.05) is 11.9 Å². The van der Waals surface area contributed by atoms with Gasteiger partial charge in [-0.05, 0) is 38.2 Å². The maximum Gasteiger partial charge on any atom is 0.257 e. The van der Waals surface area contributed by atoms with Gasteiger partial charge in [-0.25, -0.2) is 4.98 Å². The van der Waals surface area contributed by atoms with Crippen molar-refractivity contribution in [1.29, 1.82) is 0 Å². The molecule has 0 unspecified atom stereocenters. The fraction of sp³-hybridized carbons (Fsp3) is 0.308. The van der Waals surface area contributed by atoms with Crippen molar-refractivity contribution in [3.63, 3.8) is 0 Å².